The Bertz CT molecular complexity index is 1940. The molecule has 3 aromatic heterocycles. The van der Waals surface area contributed by atoms with Crippen molar-refractivity contribution in [2.24, 2.45) is 0 Å². The molecule has 49 heavy (non-hydrogen) atoms. The van der Waals surface area contributed by atoms with E-state index in [0.717, 1.165) is 60.3 Å². The number of rotatable bonds is 11. The Morgan fingerprint density at radius 1 is 1.10 bits per heavy atom. The minimum absolute atomic E-state index is 0.0837. The number of nitrogens with one attached hydrogen (secondary N) is 1. The first kappa shape index (κ1) is 35.5. The first-order chi connectivity index (χ1) is 23.3. The number of hydrogen-bond acceptors (Lipinski definition) is 10. The zero-order chi connectivity index (χ0) is 34.9. The maximum Gasteiger partial charge on any atom is 0.393 e. The smallest absolute Gasteiger partial charge is 0.393 e. The van der Waals surface area contributed by atoms with Gasteiger partial charge in [-0.25, -0.2) is 18.4 Å². The number of piperazine rings is 1. The molecule has 0 unspecified atom stereocenters. The summed E-state index contributed by atoms with van der Waals surface area (Å²) in [5.74, 6) is 0.318. The molecule has 5 heterocycles. The highest BCUT2D eigenvalue weighted by Gasteiger charge is 2.30. The molecule has 0 radical (unpaired) electrons. The van der Waals surface area contributed by atoms with Crippen molar-refractivity contribution in [3.63, 3.8) is 0 Å². The minimum Gasteiger partial charge on any atom is -0.395 e. The van der Waals surface area contributed by atoms with E-state index in [1.54, 1.807) is 6.07 Å². The number of nitriles is 1. The summed E-state index contributed by atoms with van der Waals surface area (Å²) in [5, 5.41) is 24.3. The van der Waals surface area contributed by atoms with Gasteiger partial charge in [-0.05, 0) is 56.0 Å². The van der Waals surface area contributed by atoms with E-state index in [0.29, 0.717) is 54.5 Å². The van der Waals surface area contributed by atoms with Crippen LogP contribution < -0.4 is 5.32 Å². The van der Waals surface area contributed by atoms with Crippen molar-refractivity contribution in [1.29, 1.82) is 5.26 Å². The predicted octanol–water partition coefficient (Wildman–Crippen LogP) is 4.34. The molecule has 1 atom stereocenters. The lowest BCUT2D eigenvalue weighted by molar-refractivity contribution is -0.126. The molecule has 2 fully saturated rings. The zero-order valence-corrected chi connectivity index (χ0v) is 29.2. The number of alkyl halides is 3. The Hall–Kier alpha value is -3.33. The number of aromatic nitrogens is 3. The first-order valence-electron chi connectivity index (χ1n) is 16.5. The van der Waals surface area contributed by atoms with Gasteiger partial charge in [0, 0.05) is 80.2 Å². The van der Waals surface area contributed by atoms with E-state index in [9.17, 15) is 26.9 Å². The molecule has 264 valence electrons. The lowest BCUT2D eigenvalue weighted by atomic mass is 10.0. The van der Waals surface area contributed by atoms with Crippen molar-refractivity contribution in [3.05, 3.63) is 52.3 Å². The Morgan fingerprint density at radius 3 is 2.51 bits per heavy atom. The van der Waals surface area contributed by atoms with E-state index in [1.807, 2.05) is 6.07 Å². The summed E-state index contributed by atoms with van der Waals surface area (Å²) in [7, 11) is -3.45. The molecule has 0 saturated carbocycles. The van der Waals surface area contributed by atoms with Crippen molar-refractivity contribution in [1.82, 2.24) is 28.6 Å². The average Bonchev–Trinajstić information content (AvgIpc) is 3.63. The van der Waals surface area contributed by atoms with Crippen LogP contribution in [-0.4, -0.2) is 112 Å². The molecule has 4 aromatic rings. The van der Waals surface area contributed by atoms with Gasteiger partial charge in [-0.2, -0.15) is 22.7 Å². The number of halogens is 3. The number of likely N-dealkylation sites (tertiary alicyclic amines) is 1. The number of fused-ring (bicyclic) bond motifs is 2. The van der Waals surface area contributed by atoms with E-state index in [-0.39, 0.29) is 29.3 Å². The van der Waals surface area contributed by atoms with Gasteiger partial charge in [0.15, 0.2) is 0 Å². The van der Waals surface area contributed by atoms with Crippen LogP contribution in [0.1, 0.15) is 41.5 Å². The third kappa shape index (κ3) is 8.03. The van der Waals surface area contributed by atoms with Gasteiger partial charge in [-0.15, -0.1) is 11.3 Å². The second kappa shape index (κ2) is 14.5. The molecular weight excluding hydrogens is 678 g/mol. The van der Waals surface area contributed by atoms with Crippen LogP contribution in [0, 0.1) is 18.3 Å². The highest BCUT2D eigenvalue weighted by atomic mass is 32.2. The van der Waals surface area contributed by atoms with Crippen molar-refractivity contribution in [2.75, 3.05) is 56.9 Å². The maximum atomic E-state index is 13.0. The third-order valence-corrected chi connectivity index (χ3v) is 12.6. The van der Waals surface area contributed by atoms with Crippen LogP contribution in [0.15, 0.2) is 30.6 Å². The monoisotopic (exact) mass is 718 g/mol. The summed E-state index contributed by atoms with van der Waals surface area (Å²) in [6, 6.07) is 10.3. The number of piperidine rings is 1. The summed E-state index contributed by atoms with van der Waals surface area (Å²) >= 11 is 1.05. The number of nitrogens with zero attached hydrogens (tertiary/aromatic N) is 7. The summed E-state index contributed by atoms with van der Waals surface area (Å²) in [5.41, 5.74) is 3.92. The van der Waals surface area contributed by atoms with Crippen LogP contribution in [0.4, 0.5) is 19.0 Å². The predicted molar refractivity (Wildman–Crippen MR) is 184 cm³/mol. The molecule has 2 aliphatic heterocycles. The topological polar surface area (TPSA) is 131 Å². The van der Waals surface area contributed by atoms with Crippen LogP contribution in [0.25, 0.3) is 21.1 Å². The molecular formula is C33H41F3N8O3S2. The van der Waals surface area contributed by atoms with E-state index >= 15 is 0 Å². The molecule has 6 rings (SSSR count). The van der Waals surface area contributed by atoms with Crippen LogP contribution in [-0.2, 0) is 29.5 Å². The normalized spacial score (nSPS) is 18.3. The fourth-order valence-electron chi connectivity index (χ4n) is 7.00. The van der Waals surface area contributed by atoms with Gasteiger partial charge in [0.25, 0.3) is 0 Å². The van der Waals surface area contributed by atoms with Gasteiger partial charge in [0.05, 0.1) is 24.2 Å². The molecule has 0 aliphatic carbocycles. The molecule has 1 aromatic carbocycles. The Kier molecular flexibility index (Phi) is 10.5. The number of aliphatic hydroxyl groups is 1. The molecule has 11 nitrogen and oxygen atoms in total. The molecule has 16 heteroatoms. The molecule has 2 aliphatic rings. The lowest BCUT2D eigenvalue weighted by Gasteiger charge is -2.37. The lowest BCUT2D eigenvalue weighted by Crippen LogP contribution is -2.52. The van der Waals surface area contributed by atoms with Gasteiger partial charge in [0.2, 0.25) is 10.0 Å². The van der Waals surface area contributed by atoms with Gasteiger partial charge in [0.1, 0.15) is 28.7 Å². The van der Waals surface area contributed by atoms with Crippen molar-refractivity contribution >= 4 is 48.3 Å². The number of hydrogen-bond donors (Lipinski definition) is 2. The summed E-state index contributed by atoms with van der Waals surface area (Å²) in [4.78, 5) is 14.0. The molecule has 2 N–H and O–H groups in total. The Balaban J connectivity index is 1.07. The quantitative estimate of drug-likeness (QED) is 0.233. The van der Waals surface area contributed by atoms with Gasteiger partial charge >= 0.3 is 6.18 Å². The van der Waals surface area contributed by atoms with E-state index in [1.165, 1.54) is 16.2 Å². The molecule has 2 saturated heterocycles. The van der Waals surface area contributed by atoms with Crippen LogP contribution >= 0.6 is 11.3 Å². The fourth-order valence-corrected chi connectivity index (χ4v) is 9.24. The van der Waals surface area contributed by atoms with Crippen molar-refractivity contribution in [3.8, 4) is 6.07 Å². The highest BCUT2D eigenvalue weighted by Crippen LogP contribution is 2.33. The Labute approximate surface area is 288 Å². The highest BCUT2D eigenvalue weighted by molar-refractivity contribution is 7.89. The molecule has 0 bridgehead atoms. The number of sulfonamides is 1. The number of anilines is 1. The van der Waals surface area contributed by atoms with Crippen LogP contribution in [0.2, 0.25) is 0 Å². The number of aliphatic hydroxyl groups excluding tert-OH is 1. The average molecular weight is 719 g/mol. The second-order valence-corrected chi connectivity index (χ2v) is 16.2. The van der Waals surface area contributed by atoms with Gasteiger partial charge < -0.3 is 15.0 Å². The van der Waals surface area contributed by atoms with E-state index in [4.69, 9.17) is 5.11 Å². The second-order valence-electron chi connectivity index (χ2n) is 13.0. The van der Waals surface area contributed by atoms with E-state index in [2.05, 4.69) is 61.7 Å². The zero-order valence-electron chi connectivity index (χ0n) is 27.6. The first-order valence-corrected chi connectivity index (χ1v) is 18.9. The fraction of sp³-hybridized carbons (Fsp3) is 0.545. The minimum atomic E-state index is -4.27. The molecule has 0 amide bonds. The maximum absolute atomic E-state index is 13.0. The number of aryl methyl sites for hydroxylation is 1. The third-order valence-electron chi connectivity index (χ3n) is 9.74. The van der Waals surface area contributed by atoms with Gasteiger partial charge in [-0.3, -0.25) is 9.80 Å². The van der Waals surface area contributed by atoms with E-state index < -0.39 is 22.6 Å². The van der Waals surface area contributed by atoms with Crippen LogP contribution in [0.3, 0.4) is 0 Å². The van der Waals surface area contributed by atoms with Crippen LogP contribution in [0.5, 0.6) is 0 Å². The number of thiophene rings is 1. The van der Waals surface area contributed by atoms with Gasteiger partial charge in [-0.1, -0.05) is 6.07 Å². The molecule has 0 spiro atoms. The SMILES string of the molecule is Cc1c(CN2CCC(Nc3ncnc4sc(CC(F)(F)F)cc34)CC2)ccc2c1cc(C#N)n2C[C@H](C)N1CCN(S(=O)(=O)CCO)CC1. The number of benzene rings is 1. The Morgan fingerprint density at radius 2 is 1.84 bits per heavy atom. The standard InChI is InChI=1S/C33H41F3N8O3S2/c1-22(42-9-11-43(12-10-42)49(46,47)14-13-45)19-44-26(18-37)15-28-23(2)24(3-4-30(28)44)20-41-7-5-25(6-8-41)40-31-29-16-27(17-33(34,35)36)48-32(29)39-21-38-31/h3-4,15-16,21-22,25,45H,5-14,17,19-20H2,1-2H3,(H,38,39,40)/t22-/m0/s1. The van der Waals surface area contributed by atoms with Crippen molar-refractivity contribution < 1.29 is 26.7 Å². The largest absolute Gasteiger partial charge is 0.395 e. The summed E-state index contributed by atoms with van der Waals surface area (Å²) < 4.78 is 67.1. The summed E-state index contributed by atoms with van der Waals surface area (Å²) in [6.07, 6.45) is -2.12. The summed E-state index contributed by atoms with van der Waals surface area (Å²) in [6.45, 7) is 8.81. The van der Waals surface area contributed by atoms with Crippen molar-refractivity contribution in [2.45, 2.75) is 64.5 Å².